The van der Waals surface area contributed by atoms with E-state index in [1.807, 2.05) is 0 Å². The fraction of sp³-hybridized carbons (Fsp3) is 0.154. The Kier molecular flexibility index (Phi) is 5.66. The minimum Gasteiger partial charge on any atom is -0.493 e. The lowest BCUT2D eigenvalue weighted by atomic mass is 10.1. The number of ether oxygens (including phenoxy) is 7. The van der Waals surface area contributed by atoms with Crippen LogP contribution in [0.25, 0.3) is 6.08 Å². The number of hydrogen-bond donors (Lipinski definition) is 0. The van der Waals surface area contributed by atoms with Crippen molar-refractivity contribution in [2.45, 2.75) is 0 Å². The van der Waals surface area contributed by atoms with Gasteiger partial charge in [0.2, 0.25) is 18.3 Å². The van der Waals surface area contributed by atoms with Crippen molar-refractivity contribution >= 4 is 17.8 Å². The third kappa shape index (κ3) is 4.08. The van der Waals surface area contributed by atoms with Crippen LogP contribution in [0.4, 0.5) is 0 Å². The molecular weight excluding hydrogens is 456 g/mol. The van der Waals surface area contributed by atoms with E-state index in [2.05, 4.69) is 0 Å². The predicted molar refractivity (Wildman–Crippen MR) is 123 cm³/mol. The van der Waals surface area contributed by atoms with E-state index in [0.29, 0.717) is 34.3 Å². The van der Waals surface area contributed by atoms with Gasteiger partial charge in [-0.15, -0.1) is 0 Å². The van der Waals surface area contributed by atoms with E-state index >= 15 is 0 Å². The molecule has 0 radical (unpaired) electrons. The van der Waals surface area contributed by atoms with Crippen molar-refractivity contribution in [3.63, 3.8) is 0 Å². The SMILES string of the molecule is COc1cc(C(=O)Oc2ccc3c(c2)OC(=Cc2ccc4c(c2)OCO4)C3=O)cc(OC)c1OC. The molecule has 0 atom stereocenters. The Balaban J connectivity index is 1.36. The minimum absolute atomic E-state index is 0.145. The highest BCUT2D eigenvalue weighted by Crippen LogP contribution is 2.39. The predicted octanol–water partition coefficient (Wildman–Crippen LogP) is 4.28. The van der Waals surface area contributed by atoms with E-state index in [1.54, 1.807) is 30.3 Å². The summed E-state index contributed by atoms with van der Waals surface area (Å²) in [7, 11) is 4.38. The molecule has 2 heterocycles. The van der Waals surface area contributed by atoms with E-state index < -0.39 is 5.97 Å². The maximum atomic E-state index is 12.8. The van der Waals surface area contributed by atoms with Gasteiger partial charge in [0.1, 0.15) is 11.5 Å². The van der Waals surface area contributed by atoms with Crippen LogP contribution >= 0.6 is 0 Å². The van der Waals surface area contributed by atoms with E-state index in [-0.39, 0.29) is 35.4 Å². The molecule has 0 saturated heterocycles. The molecule has 0 N–H and O–H groups in total. The molecule has 9 heteroatoms. The number of benzene rings is 3. The van der Waals surface area contributed by atoms with Crippen molar-refractivity contribution in [1.82, 2.24) is 0 Å². The van der Waals surface area contributed by atoms with Gasteiger partial charge in [0.25, 0.3) is 0 Å². The van der Waals surface area contributed by atoms with Gasteiger partial charge in [-0.1, -0.05) is 6.07 Å². The zero-order valence-electron chi connectivity index (χ0n) is 19.1. The van der Waals surface area contributed by atoms with Crippen molar-refractivity contribution in [3.05, 3.63) is 71.0 Å². The Hall–Kier alpha value is -4.66. The number of fused-ring (bicyclic) bond motifs is 2. The van der Waals surface area contributed by atoms with Crippen LogP contribution in [0.1, 0.15) is 26.3 Å². The van der Waals surface area contributed by atoms with Crippen LogP contribution in [-0.2, 0) is 0 Å². The largest absolute Gasteiger partial charge is 0.493 e. The zero-order chi connectivity index (χ0) is 24.5. The van der Waals surface area contributed by atoms with Crippen molar-refractivity contribution in [2.24, 2.45) is 0 Å². The molecule has 0 aromatic heterocycles. The standard InChI is InChI=1S/C26H20O9/c1-29-22-10-15(11-23(30-2)25(22)31-3)26(28)34-16-5-6-17-19(12-16)35-21(24(17)27)9-14-4-7-18-20(8-14)33-13-32-18/h4-12H,13H2,1-3H3. The van der Waals surface area contributed by atoms with Crippen LogP contribution in [0.3, 0.4) is 0 Å². The quantitative estimate of drug-likeness (QED) is 0.293. The number of esters is 1. The molecule has 9 nitrogen and oxygen atoms in total. The van der Waals surface area contributed by atoms with E-state index in [0.717, 1.165) is 5.56 Å². The summed E-state index contributed by atoms with van der Waals surface area (Å²) < 4.78 is 37.8. The topological polar surface area (TPSA) is 98.8 Å². The van der Waals surface area contributed by atoms with E-state index in [4.69, 9.17) is 33.2 Å². The maximum Gasteiger partial charge on any atom is 0.343 e. The van der Waals surface area contributed by atoms with Crippen molar-refractivity contribution in [3.8, 4) is 40.2 Å². The lowest BCUT2D eigenvalue weighted by Gasteiger charge is -2.13. The monoisotopic (exact) mass is 476 g/mol. The first-order valence-corrected chi connectivity index (χ1v) is 10.5. The Morgan fingerprint density at radius 3 is 2.31 bits per heavy atom. The smallest absolute Gasteiger partial charge is 0.343 e. The summed E-state index contributed by atoms with van der Waals surface area (Å²) in [4.78, 5) is 25.6. The summed E-state index contributed by atoms with van der Waals surface area (Å²) >= 11 is 0. The number of ketones is 1. The third-order valence-electron chi connectivity index (χ3n) is 5.45. The first-order valence-electron chi connectivity index (χ1n) is 10.5. The number of carbonyl (C=O) groups excluding carboxylic acids is 2. The van der Waals surface area contributed by atoms with Crippen LogP contribution in [0.5, 0.6) is 40.2 Å². The van der Waals surface area contributed by atoms with Gasteiger partial charge in [0, 0.05) is 6.07 Å². The highest BCUT2D eigenvalue weighted by atomic mass is 16.7. The van der Waals surface area contributed by atoms with E-state index in [9.17, 15) is 9.59 Å². The second-order valence-electron chi connectivity index (χ2n) is 7.51. The minimum atomic E-state index is -0.648. The molecule has 3 aromatic carbocycles. The fourth-order valence-corrected chi connectivity index (χ4v) is 3.75. The first kappa shape index (κ1) is 22.1. The number of rotatable bonds is 6. The van der Waals surface area contributed by atoms with Gasteiger partial charge < -0.3 is 33.2 Å². The molecule has 0 unspecified atom stereocenters. The molecule has 0 saturated carbocycles. The summed E-state index contributed by atoms with van der Waals surface area (Å²) in [5.41, 5.74) is 1.28. The molecule has 0 fully saturated rings. The normalized spacial score (nSPS) is 14.4. The highest BCUT2D eigenvalue weighted by molar-refractivity contribution is 6.14. The summed E-state index contributed by atoms with van der Waals surface area (Å²) in [6.07, 6.45) is 1.62. The lowest BCUT2D eigenvalue weighted by molar-refractivity contribution is 0.0733. The van der Waals surface area contributed by atoms with Crippen LogP contribution < -0.4 is 33.2 Å². The number of allylic oxidation sites excluding steroid dienone is 1. The molecule has 35 heavy (non-hydrogen) atoms. The van der Waals surface area contributed by atoms with Gasteiger partial charge in [-0.25, -0.2) is 4.79 Å². The number of carbonyl (C=O) groups is 2. The van der Waals surface area contributed by atoms with Crippen LogP contribution in [0, 0.1) is 0 Å². The van der Waals surface area contributed by atoms with Gasteiger partial charge >= 0.3 is 5.97 Å². The maximum absolute atomic E-state index is 12.8. The average molecular weight is 476 g/mol. The second-order valence-corrected chi connectivity index (χ2v) is 7.51. The number of hydrogen-bond acceptors (Lipinski definition) is 9. The van der Waals surface area contributed by atoms with Gasteiger partial charge in [0.15, 0.2) is 28.8 Å². The van der Waals surface area contributed by atoms with Crippen LogP contribution in [-0.4, -0.2) is 39.9 Å². The highest BCUT2D eigenvalue weighted by Gasteiger charge is 2.28. The molecular formula is C26H20O9. The fourth-order valence-electron chi connectivity index (χ4n) is 3.75. The van der Waals surface area contributed by atoms with Crippen molar-refractivity contribution < 1.29 is 42.7 Å². The Morgan fingerprint density at radius 1 is 0.857 bits per heavy atom. The second kappa shape index (κ2) is 8.94. The Labute approximate surface area is 200 Å². The molecule has 0 bridgehead atoms. The summed E-state index contributed by atoms with van der Waals surface area (Å²) in [6, 6.07) is 12.9. The summed E-state index contributed by atoms with van der Waals surface area (Å²) in [5, 5.41) is 0. The third-order valence-corrected chi connectivity index (χ3v) is 5.45. The van der Waals surface area contributed by atoms with Crippen LogP contribution in [0.2, 0.25) is 0 Å². The van der Waals surface area contributed by atoms with Crippen molar-refractivity contribution in [2.75, 3.05) is 28.1 Å². The van der Waals surface area contributed by atoms with Crippen molar-refractivity contribution in [1.29, 1.82) is 0 Å². The van der Waals surface area contributed by atoms with Gasteiger partial charge in [-0.3, -0.25) is 4.79 Å². The van der Waals surface area contributed by atoms with Gasteiger partial charge in [0.05, 0.1) is 32.5 Å². The van der Waals surface area contributed by atoms with Crippen LogP contribution in [0.15, 0.2) is 54.3 Å². The van der Waals surface area contributed by atoms with Gasteiger partial charge in [-0.05, 0) is 48.0 Å². The first-order chi connectivity index (χ1) is 17.0. The Morgan fingerprint density at radius 2 is 1.60 bits per heavy atom. The number of methoxy groups -OCH3 is 3. The molecule has 0 amide bonds. The average Bonchev–Trinajstić information content (AvgIpc) is 3.46. The summed E-state index contributed by atoms with van der Waals surface area (Å²) in [5.74, 6) is 1.96. The van der Waals surface area contributed by atoms with E-state index in [1.165, 1.54) is 45.6 Å². The summed E-state index contributed by atoms with van der Waals surface area (Å²) in [6.45, 7) is 0.161. The molecule has 0 aliphatic carbocycles. The lowest BCUT2D eigenvalue weighted by Crippen LogP contribution is -2.09. The molecule has 3 aromatic rings. The molecule has 2 aliphatic rings. The molecule has 2 aliphatic heterocycles. The zero-order valence-corrected chi connectivity index (χ0v) is 19.1. The number of Topliss-reactive ketones (excluding diaryl/α,β-unsaturated/α-hetero) is 1. The molecule has 178 valence electrons. The Bertz CT molecular complexity index is 1350. The molecule has 5 rings (SSSR count). The molecule has 0 spiro atoms. The van der Waals surface area contributed by atoms with Gasteiger partial charge in [-0.2, -0.15) is 0 Å².